The molecule has 0 aliphatic heterocycles. The minimum atomic E-state index is -0.278. The van der Waals surface area contributed by atoms with Crippen LogP contribution in [0.1, 0.15) is 23.2 Å². The lowest BCUT2D eigenvalue weighted by Gasteiger charge is -2.05. The van der Waals surface area contributed by atoms with Crippen molar-refractivity contribution in [2.24, 2.45) is 0 Å². The zero-order chi connectivity index (χ0) is 12.8. The first kappa shape index (κ1) is 12.0. The maximum absolute atomic E-state index is 11.8. The maximum Gasteiger partial charge on any atom is 0.270 e. The summed E-state index contributed by atoms with van der Waals surface area (Å²) in [6.45, 7) is 2.98. The highest BCUT2D eigenvalue weighted by molar-refractivity contribution is 5.92. The van der Waals surface area contributed by atoms with E-state index in [9.17, 15) is 4.79 Å². The molecule has 0 radical (unpaired) electrons. The van der Waals surface area contributed by atoms with E-state index < -0.39 is 0 Å². The van der Waals surface area contributed by atoms with E-state index in [1.165, 1.54) is 0 Å². The number of carbonyl (C=O) groups excluding carboxylic acids is 1. The van der Waals surface area contributed by atoms with E-state index in [-0.39, 0.29) is 12.5 Å². The van der Waals surface area contributed by atoms with Crippen LogP contribution in [0.5, 0.6) is 0 Å². The second-order valence-electron chi connectivity index (χ2n) is 3.47. The van der Waals surface area contributed by atoms with Crippen molar-refractivity contribution in [1.82, 2.24) is 30.9 Å². The van der Waals surface area contributed by atoms with Gasteiger partial charge < -0.3 is 10.6 Å². The molecule has 0 bridgehead atoms. The molecule has 2 rings (SSSR count). The lowest BCUT2D eigenvalue weighted by Crippen LogP contribution is -2.24. The number of H-pyrrole nitrogens is 1. The minimum absolute atomic E-state index is 0.211. The Bertz CT molecular complexity index is 511. The van der Waals surface area contributed by atoms with Crippen LogP contribution in [-0.2, 0) is 6.54 Å². The fourth-order valence-electron chi connectivity index (χ4n) is 1.38. The van der Waals surface area contributed by atoms with Gasteiger partial charge in [-0.15, -0.1) is 10.2 Å². The topological polar surface area (TPSA) is 108 Å². The van der Waals surface area contributed by atoms with E-state index in [1.807, 2.05) is 6.92 Å². The molecule has 0 fully saturated rings. The smallest absolute Gasteiger partial charge is 0.270 e. The second-order valence-corrected chi connectivity index (χ2v) is 3.47. The molecule has 2 aromatic rings. The summed E-state index contributed by atoms with van der Waals surface area (Å²) in [5.41, 5.74) is 1.20. The van der Waals surface area contributed by atoms with E-state index in [2.05, 4.69) is 36.2 Å². The van der Waals surface area contributed by atoms with E-state index >= 15 is 0 Å². The molecule has 0 unspecified atom stereocenters. The van der Waals surface area contributed by atoms with Gasteiger partial charge in [-0.1, -0.05) is 5.21 Å². The molecule has 2 aromatic heterocycles. The number of aromatic nitrogens is 5. The second kappa shape index (κ2) is 5.71. The van der Waals surface area contributed by atoms with Gasteiger partial charge in [-0.05, 0) is 19.1 Å². The fourth-order valence-corrected chi connectivity index (χ4v) is 1.38. The van der Waals surface area contributed by atoms with Crippen LogP contribution in [0.3, 0.4) is 0 Å². The third-order valence-corrected chi connectivity index (χ3v) is 2.17. The molecule has 94 valence electrons. The minimum Gasteiger partial charge on any atom is -0.385 e. The van der Waals surface area contributed by atoms with E-state index in [4.69, 9.17) is 0 Å². The number of nitrogens with one attached hydrogen (secondary N) is 3. The third-order valence-electron chi connectivity index (χ3n) is 2.17. The summed E-state index contributed by atoms with van der Waals surface area (Å²) >= 11 is 0. The SMILES string of the molecule is CCNc1ccnc(C(=O)NCc2nn[nH]n2)c1. The van der Waals surface area contributed by atoms with Gasteiger partial charge in [0.2, 0.25) is 0 Å². The van der Waals surface area contributed by atoms with Crippen molar-refractivity contribution in [1.29, 1.82) is 0 Å². The first-order valence-corrected chi connectivity index (χ1v) is 5.50. The molecule has 3 N–H and O–H groups in total. The molecule has 0 aliphatic carbocycles. The van der Waals surface area contributed by atoms with Gasteiger partial charge in [-0.3, -0.25) is 9.78 Å². The summed E-state index contributed by atoms with van der Waals surface area (Å²) < 4.78 is 0. The van der Waals surface area contributed by atoms with Crippen molar-refractivity contribution in [2.75, 3.05) is 11.9 Å². The molecule has 18 heavy (non-hydrogen) atoms. The molecule has 2 heterocycles. The zero-order valence-electron chi connectivity index (χ0n) is 9.84. The number of anilines is 1. The Kier molecular flexibility index (Phi) is 3.79. The summed E-state index contributed by atoms with van der Waals surface area (Å²) in [5, 5.41) is 18.9. The van der Waals surface area contributed by atoms with Gasteiger partial charge in [0.25, 0.3) is 5.91 Å². The predicted molar refractivity (Wildman–Crippen MR) is 63.7 cm³/mol. The lowest BCUT2D eigenvalue weighted by molar-refractivity contribution is 0.0945. The Balaban J connectivity index is 1.97. The van der Waals surface area contributed by atoms with Crippen molar-refractivity contribution >= 4 is 11.6 Å². The van der Waals surface area contributed by atoms with Gasteiger partial charge in [0.05, 0.1) is 6.54 Å². The van der Waals surface area contributed by atoms with E-state index in [0.29, 0.717) is 11.5 Å². The lowest BCUT2D eigenvalue weighted by atomic mass is 10.3. The van der Waals surface area contributed by atoms with Gasteiger partial charge in [0, 0.05) is 18.4 Å². The fraction of sp³-hybridized carbons (Fsp3) is 0.300. The maximum atomic E-state index is 11.8. The molecule has 0 aliphatic rings. The number of tetrazole rings is 1. The number of pyridine rings is 1. The zero-order valence-corrected chi connectivity index (χ0v) is 9.84. The molecule has 0 aromatic carbocycles. The molecule has 0 saturated carbocycles. The van der Waals surface area contributed by atoms with Crippen molar-refractivity contribution < 1.29 is 4.79 Å². The molecule has 0 saturated heterocycles. The van der Waals surface area contributed by atoms with Crippen molar-refractivity contribution in [3.05, 3.63) is 29.8 Å². The van der Waals surface area contributed by atoms with Crippen LogP contribution in [0.25, 0.3) is 0 Å². The molecular formula is C10H13N7O. The highest BCUT2D eigenvalue weighted by Gasteiger charge is 2.08. The molecule has 8 heteroatoms. The number of amides is 1. The first-order chi connectivity index (χ1) is 8.79. The van der Waals surface area contributed by atoms with Gasteiger partial charge in [0.15, 0.2) is 5.82 Å². The van der Waals surface area contributed by atoms with Crippen LogP contribution >= 0.6 is 0 Å². The van der Waals surface area contributed by atoms with Crippen molar-refractivity contribution in [2.45, 2.75) is 13.5 Å². The number of nitrogens with zero attached hydrogens (tertiary/aromatic N) is 4. The Morgan fingerprint density at radius 1 is 1.50 bits per heavy atom. The van der Waals surface area contributed by atoms with Gasteiger partial charge >= 0.3 is 0 Å². The number of aromatic amines is 1. The highest BCUT2D eigenvalue weighted by Crippen LogP contribution is 2.07. The summed E-state index contributed by atoms with van der Waals surface area (Å²) in [5.74, 6) is 0.144. The number of carbonyl (C=O) groups is 1. The Hall–Kier alpha value is -2.51. The van der Waals surface area contributed by atoms with Crippen LogP contribution in [0, 0.1) is 0 Å². The molecule has 8 nitrogen and oxygen atoms in total. The quantitative estimate of drug-likeness (QED) is 0.684. The van der Waals surface area contributed by atoms with Crippen LogP contribution in [0.15, 0.2) is 18.3 Å². The summed E-state index contributed by atoms with van der Waals surface area (Å²) in [6, 6.07) is 3.49. The largest absolute Gasteiger partial charge is 0.385 e. The first-order valence-electron chi connectivity index (χ1n) is 5.50. The van der Waals surface area contributed by atoms with E-state index in [1.54, 1.807) is 18.3 Å². The summed E-state index contributed by atoms with van der Waals surface area (Å²) in [6.07, 6.45) is 1.58. The Labute approximate surface area is 103 Å². The Morgan fingerprint density at radius 2 is 2.39 bits per heavy atom. The van der Waals surface area contributed by atoms with Gasteiger partial charge in [-0.25, -0.2) is 0 Å². The Morgan fingerprint density at radius 3 is 3.11 bits per heavy atom. The molecule has 1 amide bonds. The average Bonchev–Trinajstić information content (AvgIpc) is 2.90. The molecular weight excluding hydrogens is 234 g/mol. The summed E-state index contributed by atoms with van der Waals surface area (Å²) in [7, 11) is 0. The van der Waals surface area contributed by atoms with Crippen LogP contribution in [0.4, 0.5) is 5.69 Å². The summed E-state index contributed by atoms with van der Waals surface area (Å²) in [4.78, 5) is 15.8. The predicted octanol–water partition coefficient (Wildman–Crippen LogP) is -0.0435. The number of hydrogen-bond acceptors (Lipinski definition) is 6. The highest BCUT2D eigenvalue weighted by atomic mass is 16.1. The standard InChI is InChI=1S/C10H13N7O/c1-2-11-7-3-4-12-8(5-7)10(18)13-6-9-14-16-17-15-9/h3-5H,2,6H2,1H3,(H,11,12)(H,13,18)(H,14,15,16,17). The number of rotatable bonds is 5. The van der Waals surface area contributed by atoms with Crippen LogP contribution < -0.4 is 10.6 Å². The monoisotopic (exact) mass is 247 g/mol. The third kappa shape index (κ3) is 3.00. The number of hydrogen-bond donors (Lipinski definition) is 3. The van der Waals surface area contributed by atoms with Crippen molar-refractivity contribution in [3.63, 3.8) is 0 Å². The van der Waals surface area contributed by atoms with Gasteiger partial charge in [-0.2, -0.15) is 5.21 Å². The average molecular weight is 247 g/mol. The molecule has 0 spiro atoms. The molecule has 0 atom stereocenters. The van der Waals surface area contributed by atoms with E-state index in [0.717, 1.165) is 12.2 Å². The van der Waals surface area contributed by atoms with Gasteiger partial charge in [0.1, 0.15) is 5.69 Å². The van der Waals surface area contributed by atoms with Crippen LogP contribution in [-0.4, -0.2) is 38.1 Å². The normalized spacial score (nSPS) is 10.1. The van der Waals surface area contributed by atoms with Crippen molar-refractivity contribution in [3.8, 4) is 0 Å². The van der Waals surface area contributed by atoms with Crippen LogP contribution in [0.2, 0.25) is 0 Å².